The fourth-order valence-corrected chi connectivity index (χ4v) is 2.59. The van der Waals surface area contributed by atoms with Crippen molar-refractivity contribution in [3.63, 3.8) is 0 Å². The number of allylic oxidation sites excluding steroid dienone is 5. The summed E-state index contributed by atoms with van der Waals surface area (Å²) in [6, 6.07) is 0. The molecule has 0 aliphatic heterocycles. The molecule has 0 amide bonds. The third-order valence-electron chi connectivity index (χ3n) is 3.77. The zero-order valence-corrected chi connectivity index (χ0v) is 12.9. The molecule has 0 saturated heterocycles. The van der Waals surface area contributed by atoms with Gasteiger partial charge in [0.05, 0.1) is 7.11 Å². The van der Waals surface area contributed by atoms with Gasteiger partial charge in [-0.25, -0.2) is 4.79 Å². The predicted octanol–water partition coefficient (Wildman–Crippen LogP) is 4.97. The Labute approximate surface area is 123 Å². The van der Waals surface area contributed by atoms with Gasteiger partial charge in [0.15, 0.2) is 0 Å². The van der Waals surface area contributed by atoms with Gasteiger partial charge in [0, 0.05) is 6.08 Å². The molecule has 0 aromatic carbocycles. The van der Waals surface area contributed by atoms with Crippen LogP contribution in [0, 0.1) is 5.92 Å². The Kier molecular flexibility index (Phi) is 8.77. The maximum absolute atomic E-state index is 11.0. The number of unbranched alkanes of at least 4 members (excludes halogenated alkanes) is 1. The summed E-state index contributed by atoms with van der Waals surface area (Å²) in [5, 5.41) is 0. The lowest BCUT2D eigenvalue weighted by molar-refractivity contribution is -0.134. The molecule has 1 aliphatic carbocycles. The third kappa shape index (κ3) is 7.32. The van der Waals surface area contributed by atoms with Gasteiger partial charge < -0.3 is 4.74 Å². The van der Waals surface area contributed by atoms with Crippen LogP contribution >= 0.6 is 0 Å². The zero-order chi connectivity index (χ0) is 14.6. The molecule has 1 aliphatic rings. The van der Waals surface area contributed by atoms with E-state index in [1.54, 1.807) is 6.08 Å². The number of esters is 1. The van der Waals surface area contributed by atoms with Gasteiger partial charge in [0.2, 0.25) is 0 Å². The Hall–Kier alpha value is -1.31. The maximum Gasteiger partial charge on any atom is 0.330 e. The Morgan fingerprint density at radius 2 is 1.85 bits per heavy atom. The van der Waals surface area contributed by atoms with Crippen LogP contribution in [0.4, 0.5) is 0 Å². The lowest BCUT2D eigenvalue weighted by Gasteiger charge is -2.19. The summed E-state index contributed by atoms with van der Waals surface area (Å²) in [5.74, 6) is 0.450. The first-order chi connectivity index (χ1) is 9.76. The summed E-state index contributed by atoms with van der Waals surface area (Å²) in [4.78, 5) is 11.0. The Bertz CT molecular complexity index is 358. The van der Waals surface area contributed by atoms with Crippen LogP contribution in [-0.4, -0.2) is 13.1 Å². The fraction of sp³-hybridized carbons (Fsp3) is 0.611. The molecule has 1 fully saturated rings. The van der Waals surface area contributed by atoms with Crippen LogP contribution in [0.15, 0.2) is 36.0 Å². The molecule has 0 aromatic heterocycles. The lowest BCUT2D eigenvalue weighted by Crippen LogP contribution is -2.03. The molecule has 1 rings (SSSR count). The van der Waals surface area contributed by atoms with E-state index in [-0.39, 0.29) is 5.97 Å². The number of methoxy groups -OCH3 is 1. The smallest absolute Gasteiger partial charge is 0.330 e. The highest BCUT2D eigenvalue weighted by atomic mass is 16.5. The standard InChI is InChI=1S/C18H28O2/c1-3-4-10-16(13-8-9-14-18(19)20-2)15-17-11-6-5-7-12-17/h8-9,13-15,17H,3-7,10-12H2,1-2H3/b13-8+,14-9+,16-15-. The monoisotopic (exact) mass is 276 g/mol. The maximum atomic E-state index is 11.0. The Morgan fingerprint density at radius 1 is 1.15 bits per heavy atom. The van der Waals surface area contributed by atoms with Gasteiger partial charge in [-0.2, -0.15) is 0 Å². The van der Waals surface area contributed by atoms with Gasteiger partial charge in [0.25, 0.3) is 0 Å². The summed E-state index contributed by atoms with van der Waals surface area (Å²) in [5.41, 5.74) is 1.41. The van der Waals surface area contributed by atoms with Crippen molar-refractivity contribution < 1.29 is 9.53 Å². The highest BCUT2D eigenvalue weighted by Gasteiger charge is 2.11. The number of carbonyl (C=O) groups is 1. The van der Waals surface area contributed by atoms with Crippen LogP contribution in [0.1, 0.15) is 58.3 Å². The van der Waals surface area contributed by atoms with Gasteiger partial charge in [0.1, 0.15) is 0 Å². The van der Waals surface area contributed by atoms with Crippen molar-refractivity contribution >= 4 is 5.97 Å². The molecular weight excluding hydrogens is 248 g/mol. The summed E-state index contributed by atoms with van der Waals surface area (Å²) < 4.78 is 4.57. The molecule has 0 radical (unpaired) electrons. The molecule has 0 unspecified atom stereocenters. The van der Waals surface area contributed by atoms with Crippen LogP contribution in [0.3, 0.4) is 0 Å². The van der Waals surface area contributed by atoms with E-state index in [0.29, 0.717) is 0 Å². The van der Waals surface area contributed by atoms with E-state index in [1.165, 1.54) is 63.7 Å². The summed E-state index contributed by atoms with van der Waals surface area (Å²) in [6.07, 6.45) is 20.1. The lowest BCUT2D eigenvalue weighted by atomic mass is 9.87. The van der Waals surface area contributed by atoms with Gasteiger partial charge in [-0.1, -0.05) is 62.5 Å². The summed E-state index contributed by atoms with van der Waals surface area (Å²) in [6.45, 7) is 2.22. The second-order valence-corrected chi connectivity index (χ2v) is 5.48. The normalized spacial score (nSPS) is 18.0. The fourth-order valence-electron chi connectivity index (χ4n) is 2.59. The second-order valence-electron chi connectivity index (χ2n) is 5.48. The molecule has 0 atom stereocenters. The average molecular weight is 276 g/mol. The van der Waals surface area contributed by atoms with Gasteiger partial charge in [-0.3, -0.25) is 0 Å². The van der Waals surface area contributed by atoms with Crippen LogP contribution < -0.4 is 0 Å². The largest absolute Gasteiger partial charge is 0.466 e. The third-order valence-corrected chi connectivity index (χ3v) is 3.77. The van der Waals surface area contributed by atoms with Crippen molar-refractivity contribution in [3.05, 3.63) is 36.0 Å². The van der Waals surface area contributed by atoms with Crippen molar-refractivity contribution in [2.45, 2.75) is 58.3 Å². The Balaban J connectivity index is 2.58. The SMILES string of the molecule is CCCCC(=C/C1CCCCC1)/C=C/C=C/C(=O)OC. The zero-order valence-electron chi connectivity index (χ0n) is 12.9. The van der Waals surface area contributed by atoms with E-state index in [0.717, 1.165) is 12.3 Å². The molecular formula is C18H28O2. The first kappa shape index (κ1) is 16.7. The molecule has 0 bridgehead atoms. The molecule has 2 heteroatoms. The van der Waals surface area contributed by atoms with Crippen molar-refractivity contribution in [2.75, 3.05) is 7.11 Å². The van der Waals surface area contributed by atoms with E-state index in [1.807, 2.05) is 6.08 Å². The van der Waals surface area contributed by atoms with Crippen LogP contribution in [0.25, 0.3) is 0 Å². The van der Waals surface area contributed by atoms with Crippen LogP contribution in [0.5, 0.6) is 0 Å². The minimum absolute atomic E-state index is 0.305. The van der Waals surface area contributed by atoms with E-state index in [9.17, 15) is 4.79 Å². The molecule has 0 heterocycles. The molecule has 1 saturated carbocycles. The summed E-state index contributed by atoms with van der Waals surface area (Å²) in [7, 11) is 1.39. The van der Waals surface area contributed by atoms with E-state index >= 15 is 0 Å². The van der Waals surface area contributed by atoms with E-state index in [2.05, 4.69) is 23.8 Å². The van der Waals surface area contributed by atoms with Crippen molar-refractivity contribution in [3.8, 4) is 0 Å². The summed E-state index contributed by atoms with van der Waals surface area (Å²) >= 11 is 0. The molecule has 0 aromatic rings. The molecule has 2 nitrogen and oxygen atoms in total. The topological polar surface area (TPSA) is 26.3 Å². The van der Waals surface area contributed by atoms with E-state index < -0.39 is 0 Å². The number of hydrogen-bond acceptors (Lipinski definition) is 2. The van der Waals surface area contributed by atoms with Gasteiger partial charge in [-0.15, -0.1) is 0 Å². The van der Waals surface area contributed by atoms with Crippen LogP contribution in [-0.2, 0) is 9.53 Å². The number of rotatable bonds is 7. The minimum Gasteiger partial charge on any atom is -0.466 e. The number of carbonyl (C=O) groups excluding carboxylic acids is 1. The molecule has 20 heavy (non-hydrogen) atoms. The highest BCUT2D eigenvalue weighted by Crippen LogP contribution is 2.26. The quantitative estimate of drug-likeness (QED) is 0.373. The Morgan fingerprint density at radius 3 is 2.50 bits per heavy atom. The minimum atomic E-state index is -0.305. The van der Waals surface area contributed by atoms with E-state index in [4.69, 9.17) is 0 Å². The first-order valence-electron chi connectivity index (χ1n) is 7.89. The number of ether oxygens (including phenoxy) is 1. The van der Waals surface area contributed by atoms with Gasteiger partial charge >= 0.3 is 5.97 Å². The molecule has 112 valence electrons. The molecule has 0 N–H and O–H groups in total. The number of hydrogen-bond donors (Lipinski definition) is 0. The second kappa shape index (κ2) is 10.5. The van der Waals surface area contributed by atoms with Crippen molar-refractivity contribution in [2.24, 2.45) is 5.92 Å². The van der Waals surface area contributed by atoms with Crippen molar-refractivity contribution in [1.29, 1.82) is 0 Å². The average Bonchev–Trinajstić information content (AvgIpc) is 2.49. The first-order valence-corrected chi connectivity index (χ1v) is 7.89. The van der Waals surface area contributed by atoms with Crippen molar-refractivity contribution in [1.82, 2.24) is 0 Å². The molecule has 0 spiro atoms. The van der Waals surface area contributed by atoms with Gasteiger partial charge in [-0.05, 0) is 31.6 Å². The van der Waals surface area contributed by atoms with Crippen LogP contribution in [0.2, 0.25) is 0 Å². The predicted molar refractivity (Wildman–Crippen MR) is 84.5 cm³/mol. The highest BCUT2D eigenvalue weighted by molar-refractivity contribution is 5.82.